The van der Waals surface area contributed by atoms with E-state index in [1.807, 2.05) is 13.8 Å². The lowest BCUT2D eigenvalue weighted by atomic mass is 10.0. The van der Waals surface area contributed by atoms with Crippen LogP contribution in [0, 0.1) is 13.8 Å². The van der Waals surface area contributed by atoms with Crippen molar-refractivity contribution in [3.05, 3.63) is 99.9 Å². The number of hydrogen-bond acceptors (Lipinski definition) is 4. The number of ketones is 1. The van der Waals surface area contributed by atoms with Gasteiger partial charge in [-0.1, -0.05) is 81.7 Å². The highest BCUT2D eigenvalue weighted by Gasteiger charge is 2.46. The highest BCUT2D eigenvalue weighted by molar-refractivity contribution is 6.55. The second-order valence-corrected chi connectivity index (χ2v) is 10.5. The molecular weight excluding hydrogens is 605 g/mol. The number of hydrazine groups is 1. The van der Waals surface area contributed by atoms with Crippen LogP contribution in [0.4, 0.5) is 0 Å². The van der Waals surface area contributed by atoms with E-state index in [4.69, 9.17) is 69.6 Å². The minimum absolute atomic E-state index is 0.0557. The molecule has 3 amide bonds. The Labute approximate surface area is 241 Å². The molecule has 3 aromatic carbocycles. The topological polar surface area (TPSA) is 74.8 Å². The normalized spacial score (nSPS) is 12.7. The molecule has 1 aliphatic rings. The monoisotopic (exact) mass is 616 g/mol. The van der Waals surface area contributed by atoms with E-state index < -0.39 is 30.0 Å². The Morgan fingerprint density at radius 2 is 1.32 bits per heavy atom. The highest BCUT2D eigenvalue weighted by atomic mass is 35.5. The highest BCUT2D eigenvalue weighted by Crippen LogP contribution is 2.45. The summed E-state index contributed by atoms with van der Waals surface area (Å²) in [5.41, 5.74) is 1.27. The first-order chi connectivity index (χ1) is 17.3. The Bertz CT molecular complexity index is 1490. The zero-order valence-corrected chi connectivity index (χ0v) is 23.5. The van der Waals surface area contributed by atoms with Gasteiger partial charge in [0.05, 0.1) is 41.8 Å². The molecule has 0 saturated heterocycles. The van der Waals surface area contributed by atoms with Gasteiger partial charge in [0, 0.05) is 10.6 Å². The van der Waals surface area contributed by atoms with Gasteiger partial charge in [0.25, 0.3) is 17.7 Å². The number of carbonyl (C=O) groups is 4. The number of amides is 3. The largest absolute Gasteiger partial charge is 0.292 e. The number of benzene rings is 3. The first-order valence-electron chi connectivity index (χ1n) is 10.5. The van der Waals surface area contributed by atoms with Crippen molar-refractivity contribution >= 4 is 93.1 Å². The lowest BCUT2D eigenvalue weighted by Gasteiger charge is -2.30. The third-order valence-corrected chi connectivity index (χ3v) is 8.19. The van der Waals surface area contributed by atoms with Gasteiger partial charge in [-0.2, -0.15) is 5.01 Å². The number of fused-ring (bicyclic) bond motifs is 1. The third-order valence-electron chi connectivity index (χ3n) is 5.84. The molecule has 1 heterocycles. The Balaban J connectivity index is 1.84. The Morgan fingerprint density at radius 1 is 0.757 bits per heavy atom. The number of rotatable bonds is 5. The number of Topliss-reactive ketones (excluding diaryl/α,β-unsaturated/α-hetero) is 1. The van der Waals surface area contributed by atoms with Crippen LogP contribution in [-0.2, 0) is 0 Å². The van der Waals surface area contributed by atoms with Gasteiger partial charge in [-0.25, -0.2) is 5.01 Å². The SMILES string of the molecule is Cc1ccc(C(=O)CN(C(=O)c2ccc(Cl)cc2Cl)N2C(=O)c3c(Cl)c(Cl)c(Cl)c(Cl)c3C2=O)cc1C. The summed E-state index contributed by atoms with van der Waals surface area (Å²) in [6.07, 6.45) is 0. The third kappa shape index (κ3) is 4.83. The second-order valence-electron chi connectivity index (χ2n) is 8.14. The van der Waals surface area contributed by atoms with Gasteiger partial charge >= 0.3 is 0 Å². The predicted octanol–water partition coefficient (Wildman–Crippen LogP) is 7.76. The molecule has 0 aliphatic carbocycles. The Morgan fingerprint density at radius 3 is 1.84 bits per heavy atom. The summed E-state index contributed by atoms with van der Waals surface area (Å²) in [5, 5.41) is 0.267. The lowest BCUT2D eigenvalue weighted by molar-refractivity contribution is 0.00533. The molecule has 190 valence electrons. The van der Waals surface area contributed by atoms with Gasteiger partial charge in [0.1, 0.15) is 6.54 Å². The Hall–Kier alpha value is -2.32. The van der Waals surface area contributed by atoms with Crippen molar-refractivity contribution in [3.63, 3.8) is 0 Å². The van der Waals surface area contributed by atoms with E-state index in [0.717, 1.165) is 11.1 Å². The lowest BCUT2D eigenvalue weighted by Crippen LogP contribution is -2.51. The first kappa shape index (κ1) is 27.7. The fourth-order valence-corrected chi connectivity index (χ4v) is 5.24. The maximum Gasteiger partial charge on any atom is 0.282 e. The van der Waals surface area contributed by atoms with Crippen LogP contribution in [0.15, 0.2) is 36.4 Å². The van der Waals surface area contributed by atoms with E-state index in [1.165, 1.54) is 18.2 Å². The molecule has 0 bridgehead atoms. The summed E-state index contributed by atoms with van der Waals surface area (Å²) in [6.45, 7) is 3.01. The van der Waals surface area contributed by atoms with Crippen molar-refractivity contribution in [1.29, 1.82) is 0 Å². The zero-order valence-electron chi connectivity index (χ0n) is 19.0. The maximum atomic E-state index is 13.7. The molecule has 12 heteroatoms. The van der Waals surface area contributed by atoms with Crippen LogP contribution >= 0.6 is 69.6 Å². The number of hydrogen-bond donors (Lipinski definition) is 0. The van der Waals surface area contributed by atoms with Gasteiger partial charge in [-0.05, 0) is 49.2 Å². The van der Waals surface area contributed by atoms with Crippen LogP contribution in [0.1, 0.15) is 52.6 Å². The molecule has 3 aromatic rings. The van der Waals surface area contributed by atoms with Crippen LogP contribution < -0.4 is 0 Å². The molecule has 37 heavy (non-hydrogen) atoms. The zero-order chi connectivity index (χ0) is 27.3. The summed E-state index contributed by atoms with van der Waals surface area (Å²) in [7, 11) is 0. The average Bonchev–Trinajstić information content (AvgIpc) is 3.11. The van der Waals surface area contributed by atoms with Crippen LogP contribution in [0.25, 0.3) is 0 Å². The van der Waals surface area contributed by atoms with Crippen molar-refractivity contribution in [2.45, 2.75) is 13.8 Å². The molecule has 0 spiro atoms. The van der Waals surface area contributed by atoms with Gasteiger partial charge in [0.2, 0.25) is 0 Å². The van der Waals surface area contributed by atoms with Gasteiger partial charge < -0.3 is 0 Å². The Kier molecular flexibility index (Phi) is 7.82. The fraction of sp³-hybridized carbons (Fsp3) is 0.120. The number of imide groups is 1. The van der Waals surface area contributed by atoms with E-state index in [2.05, 4.69) is 0 Å². The van der Waals surface area contributed by atoms with Crippen LogP contribution in [0.2, 0.25) is 30.1 Å². The van der Waals surface area contributed by atoms with Crippen molar-refractivity contribution < 1.29 is 19.2 Å². The number of halogens is 6. The van der Waals surface area contributed by atoms with Gasteiger partial charge in [-0.3, -0.25) is 19.2 Å². The van der Waals surface area contributed by atoms with E-state index in [-0.39, 0.29) is 52.4 Å². The summed E-state index contributed by atoms with van der Waals surface area (Å²) >= 11 is 36.9. The van der Waals surface area contributed by atoms with E-state index in [0.29, 0.717) is 10.0 Å². The standard InChI is InChI=1S/C25H14Cl6N2O4/c1-10-3-4-12(7-11(10)2)16(34)9-32(23(35)14-6-5-13(26)8-15(14)27)33-24(36)17-18(25(33)37)20(29)22(31)21(30)19(17)28/h3-8H,9H2,1-2H3. The molecule has 0 N–H and O–H groups in total. The first-order valence-corrected chi connectivity index (χ1v) is 12.7. The fourth-order valence-electron chi connectivity index (χ4n) is 3.73. The van der Waals surface area contributed by atoms with Crippen molar-refractivity contribution in [2.75, 3.05) is 6.54 Å². The quantitative estimate of drug-likeness (QED) is 0.127. The average molecular weight is 619 g/mol. The van der Waals surface area contributed by atoms with Crippen LogP contribution in [-0.4, -0.2) is 40.1 Å². The van der Waals surface area contributed by atoms with Gasteiger partial charge in [-0.15, -0.1) is 0 Å². The predicted molar refractivity (Wildman–Crippen MR) is 145 cm³/mol. The summed E-state index contributed by atoms with van der Waals surface area (Å²) in [4.78, 5) is 53.9. The molecule has 4 rings (SSSR count). The van der Waals surface area contributed by atoms with E-state index >= 15 is 0 Å². The van der Waals surface area contributed by atoms with Crippen molar-refractivity contribution in [3.8, 4) is 0 Å². The molecule has 1 aliphatic heterocycles. The molecule has 0 unspecified atom stereocenters. The van der Waals surface area contributed by atoms with Crippen molar-refractivity contribution in [1.82, 2.24) is 10.0 Å². The smallest absolute Gasteiger partial charge is 0.282 e. The number of nitrogens with zero attached hydrogens (tertiary/aromatic N) is 2. The minimum atomic E-state index is -1.02. The van der Waals surface area contributed by atoms with Gasteiger partial charge in [0.15, 0.2) is 5.78 Å². The van der Waals surface area contributed by atoms with E-state index in [1.54, 1.807) is 18.2 Å². The molecule has 0 fully saturated rings. The molecule has 6 nitrogen and oxygen atoms in total. The molecular formula is C25H14Cl6N2O4. The molecule has 0 saturated carbocycles. The minimum Gasteiger partial charge on any atom is -0.292 e. The van der Waals surface area contributed by atoms with Crippen LogP contribution in [0.5, 0.6) is 0 Å². The molecule has 0 atom stereocenters. The van der Waals surface area contributed by atoms with Crippen molar-refractivity contribution in [2.24, 2.45) is 0 Å². The maximum absolute atomic E-state index is 13.7. The summed E-state index contributed by atoms with van der Waals surface area (Å²) < 4.78 is 0. The summed E-state index contributed by atoms with van der Waals surface area (Å²) in [6, 6.07) is 9.00. The van der Waals surface area contributed by atoms with Crippen LogP contribution in [0.3, 0.4) is 0 Å². The molecule has 0 aromatic heterocycles. The second kappa shape index (κ2) is 10.4. The molecule has 0 radical (unpaired) electrons. The van der Waals surface area contributed by atoms with E-state index in [9.17, 15) is 19.2 Å². The number of carbonyl (C=O) groups excluding carboxylic acids is 4. The number of aryl methyl sites for hydroxylation is 2. The summed E-state index contributed by atoms with van der Waals surface area (Å²) in [5.74, 6) is -3.50.